The summed E-state index contributed by atoms with van der Waals surface area (Å²) in [7, 11) is 0. The minimum absolute atomic E-state index is 0.193. The predicted molar refractivity (Wildman–Crippen MR) is 210 cm³/mol. The quantitative estimate of drug-likeness (QED) is 0.137. The molecule has 0 saturated heterocycles. The lowest BCUT2D eigenvalue weighted by atomic mass is 9.80. The van der Waals surface area contributed by atoms with Crippen LogP contribution in [0.3, 0.4) is 0 Å². The first kappa shape index (κ1) is 35.0. The lowest BCUT2D eigenvalue weighted by molar-refractivity contribution is -0.136. The van der Waals surface area contributed by atoms with Crippen LogP contribution in [0.1, 0.15) is 57.4 Å². The molecule has 7 nitrogen and oxygen atoms in total. The molecule has 7 heteroatoms. The number of carbonyl (C=O) groups excluding carboxylic acids is 3. The molecule has 1 aliphatic heterocycles. The van der Waals surface area contributed by atoms with Crippen LogP contribution in [-0.2, 0) is 20.9 Å². The number of carbonyl (C=O) groups is 3. The van der Waals surface area contributed by atoms with Crippen LogP contribution in [-0.4, -0.2) is 30.3 Å². The van der Waals surface area contributed by atoms with Crippen LogP contribution in [0.4, 0.5) is 17.1 Å². The van der Waals surface area contributed by atoms with E-state index in [1.165, 1.54) is 10.8 Å². The Hall–Kier alpha value is -5.43. The molecule has 0 spiro atoms. The largest absolute Gasteiger partial charge is 0.369 e. The van der Waals surface area contributed by atoms with Gasteiger partial charge in [0.2, 0.25) is 11.8 Å². The summed E-state index contributed by atoms with van der Waals surface area (Å²) >= 11 is 0. The number of amides is 3. The Bertz CT molecular complexity index is 2040. The van der Waals surface area contributed by atoms with E-state index in [2.05, 4.69) is 52.7 Å². The topological polar surface area (TPSA) is 95.7 Å². The summed E-state index contributed by atoms with van der Waals surface area (Å²) in [5.74, 6) is -1.70. The SMILES string of the molecule is CCCC(C(N)=O)C(CC1CCCC1)C(=O)NC1CN(c2ccccc2)c2ccccc2N(Cc2cccc(-c3ccc4ccccc4c3)c2)C1=O. The summed E-state index contributed by atoms with van der Waals surface area (Å²) in [6.07, 6.45) is 6.26. The minimum Gasteiger partial charge on any atom is -0.369 e. The zero-order chi connectivity index (χ0) is 36.0. The third kappa shape index (κ3) is 7.59. The van der Waals surface area contributed by atoms with Crippen molar-refractivity contribution in [2.45, 2.75) is 64.5 Å². The zero-order valence-corrected chi connectivity index (χ0v) is 29.9. The van der Waals surface area contributed by atoms with E-state index < -0.39 is 23.8 Å². The van der Waals surface area contributed by atoms with Crippen LogP contribution >= 0.6 is 0 Å². The Kier molecular flexibility index (Phi) is 10.7. The van der Waals surface area contributed by atoms with Gasteiger partial charge in [0.05, 0.1) is 24.5 Å². The highest BCUT2D eigenvalue weighted by molar-refractivity contribution is 6.04. The molecule has 3 amide bonds. The van der Waals surface area contributed by atoms with E-state index in [1.54, 1.807) is 0 Å². The van der Waals surface area contributed by atoms with Crippen LogP contribution in [0, 0.1) is 17.8 Å². The van der Waals surface area contributed by atoms with Crippen molar-refractivity contribution in [1.82, 2.24) is 5.32 Å². The van der Waals surface area contributed by atoms with E-state index in [0.717, 1.165) is 65.9 Å². The van der Waals surface area contributed by atoms with Gasteiger partial charge in [-0.2, -0.15) is 0 Å². The van der Waals surface area contributed by atoms with Gasteiger partial charge in [-0.3, -0.25) is 14.4 Å². The molecule has 266 valence electrons. The first-order valence-corrected chi connectivity index (χ1v) is 18.8. The molecular formula is C45H48N4O3. The molecule has 1 fully saturated rings. The molecule has 2 aliphatic rings. The van der Waals surface area contributed by atoms with E-state index in [-0.39, 0.29) is 18.4 Å². The lowest BCUT2D eigenvalue weighted by Crippen LogP contribution is -2.54. The second kappa shape index (κ2) is 15.9. The van der Waals surface area contributed by atoms with Gasteiger partial charge in [-0.1, -0.05) is 124 Å². The number of benzene rings is 5. The molecule has 52 heavy (non-hydrogen) atoms. The van der Waals surface area contributed by atoms with E-state index in [4.69, 9.17) is 5.73 Å². The van der Waals surface area contributed by atoms with E-state index in [9.17, 15) is 14.4 Å². The zero-order valence-electron chi connectivity index (χ0n) is 29.9. The van der Waals surface area contributed by atoms with Crippen LogP contribution in [0.2, 0.25) is 0 Å². The van der Waals surface area contributed by atoms with Crippen LogP contribution in [0.25, 0.3) is 21.9 Å². The summed E-state index contributed by atoms with van der Waals surface area (Å²) in [6.45, 7) is 2.57. The molecular weight excluding hydrogens is 645 g/mol. The van der Waals surface area contributed by atoms with Gasteiger partial charge in [0.25, 0.3) is 5.91 Å². The van der Waals surface area contributed by atoms with Crippen molar-refractivity contribution >= 4 is 45.6 Å². The molecule has 3 unspecified atom stereocenters. The number of nitrogens with two attached hydrogens (primary N) is 1. The van der Waals surface area contributed by atoms with E-state index in [1.807, 2.05) is 90.7 Å². The van der Waals surface area contributed by atoms with Gasteiger partial charge in [-0.15, -0.1) is 0 Å². The van der Waals surface area contributed by atoms with Crippen molar-refractivity contribution < 1.29 is 14.4 Å². The number of primary amides is 1. The first-order valence-electron chi connectivity index (χ1n) is 18.8. The summed E-state index contributed by atoms with van der Waals surface area (Å²) in [5.41, 5.74) is 11.7. The fourth-order valence-electron chi connectivity index (χ4n) is 8.30. The molecule has 5 aromatic carbocycles. The van der Waals surface area contributed by atoms with Crippen molar-refractivity contribution in [2.24, 2.45) is 23.5 Å². The number of para-hydroxylation sites is 3. The monoisotopic (exact) mass is 692 g/mol. The molecule has 1 aliphatic carbocycles. The van der Waals surface area contributed by atoms with Crippen molar-refractivity contribution in [2.75, 3.05) is 16.3 Å². The normalized spacial score (nSPS) is 17.4. The number of hydrogen-bond donors (Lipinski definition) is 2. The molecule has 3 atom stereocenters. The highest BCUT2D eigenvalue weighted by atomic mass is 16.2. The average molecular weight is 693 g/mol. The Morgan fingerprint density at radius 2 is 1.46 bits per heavy atom. The molecule has 0 aromatic heterocycles. The van der Waals surface area contributed by atoms with Gasteiger partial charge in [-0.05, 0) is 82.6 Å². The van der Waals surface area contributed by atoms with Gasteiger partial charge >= 0.3 is 0 Å². The average Bonchev–Trinajstić information content (AvgIpc) is 3.67. The summed E-state index contributed by atoms with van der Waals surface area (Å²) in [6, 6.07) is 40.2. The van der Waals surface area contributed by atoms with Gasteiger partial charge in [0.1, 0.15) is 6.04 Å². The number of hydrogen-bond acceptors (Lipinski definition) is 4. The van der Waals surface area contributed by atoms with Crippen LogP contribution < -0.4 is 20.9 Å². The number of anilines is 3. The van der Waals surface area contributed by atoms with Gasteiger partial charge in [-0.25, -0.2) is 0 Å². The van der Waals surface area contributed by atoms with Crippen molar-refractivity contribution in [1.29, 1.82) is 0 Å². The van der Waals surface area contributed by atoms with Gasteiger partial charge in [0, 0.05) is 17.5 Å². The predicted octanol–water partition coefficient (Wildman–Crippen LogP) is 8.77. The van der Waals surface area contributed by atoms with Gasteiger partial charge in [0.15, 0.2) is 0 Å². The minimum atomic E-state index is -0.870. The molecule has 3 N–H and O–H groups in total. The van der Waals surface area contributed by atoms with Crippen molar-refractivity contribution in [3.8, 4) is 11.1 Å². The molecule has 7 rings (SSSR count). The fraction of sp³-hybridized carbons (Fsp3) is 0.311. The lowest BCUT2D eigenvalue weighted by Gasteiger charge is -2.30. The molecule has 0 radical (unpaired) electrons. The summed E-state index contributed by atoms with van der Waals surface area (Å²) < 4.78 is 0. The Morgan fingerprint density at radius 3 is 2.21 bits per heavy atom. The Labute approximate surface area is 306 Å². The number of nitrogens with zero attached hydrogens (tertiary/aromatic N) is 2. The van der Waals surface area contributed by atoms with Crippen molar-refractivity contribution in [3.63, 3.8) is 0 Å². The van der Waals surface area contributed by atoms with Crippen LogP contribution in [0.15, 0.2) is 121 Å². The number of nitrogens with one attached hydrogen (secondary N) is 1. The standard InChI is InChI=1S/C45H48N4O3/c1-2-13-38(43(46)50)39(27-31-14-6-7-15-31)44(51)47-40-30-48(37-20-4-3-5-21-37)41-22-10-11-23-42(41)49(45(40)52)29-32-16-12-19-34(26-32)36-25-24-33-17-8-9-18-35(33)28-36/h3-5,8-12,16-26,28,31,38-40H,2,6-7,13-15,27,29-30H2,1H3,(H2,46,50)(H,47,51). The number of fused-ring (bicyclic) bond motifs is 2. The van der Waals surface area contributed by atoms with Crippen LogP contribution in [0.5, 0.6) is 0 Å². The fourth-order valence-corrected chi connectivity index (χ4v) is 8.30. The molecule has 0 bridgehead atoms. The maximum Gasteiger partial charge on any atom is 0.251 e. The van der Waals surface area contributed by atoms with Crippen molar-refractivity contribution in [3.05, 3.63) is 127 Å². The Balaban J connectivity index is 1.25. The smallest absolute Gasteiger partial charge is 0.251 e. The summed E-state index contributed by atoms with van der Waals surface area (Å²) in [4.78, 5) is 46.1. The van der Waals surface area contributed by atoms with Gasteiger partial charge < -0.3 is 20.9 Å². The summed E-state index contributed by atoms with van der Waals surface area (Å²) in [5, 5.41) is 5.56. The first-order chi connectivity index (χ1) is 25.4. The number of rotatable bonds is 12. The third-order valence-corrected chi connectivity index (χ3v) is 11.0. The maximum atomic E-state index is 14.9. The highest BCUT2D eigenvalue weighted by Crippen LogP contribution is 2.39. The maximum absolute atomic E-state index is 14.9. The third-order valence-electron chi connectivity index (χ3n) is 11.0. The molecule has 1 heterocycles. The second-order valence-corrected chi connectivity index (χ2v) is 14.5. The van der Waals surface area contributed by atoms with E-state index >= 15 is 0 Å². The Morgan fingerprint density at radius 1 is 0.769 bits per heavy atom. The molecule has 5 aromatic rings. The second-order valence-electron chi connectivity index (χ2n) is 14.5. The van der Waals surface area contributed by atoms with E-state index in [0.29, 0.717) is 25.3 Å². The molecule has 1 saturated carbocycles. The highest BCUT2D eigenvalue weighted by Gasteiger charge is 2.39.